The minimum Gasteiger partial charge on any atom is -0.493 e. The Labute approximate surface area is 124 Å². The molecule has 3 nitrogen and oxygen atoms in total. The summed E-state index contributed by atoms with van der Waals surface area (Å²) in [6.07, 6.45) is 0. The average Bonchev–Trinajstić information content (AvgIpc) is 2.52. The van der Waals surface area contributed by atoms with Gasteiger partial charge in [0.05, 0.1) is 14.2 Å². The first kappa shape index (κ1) is 15.3. The van der Waals surface area contributed by atoms with Gasteiger partial charge in [0.2, 0.25) is 0 Å². The molecule has 4 heteroatoms. The van der Waals surface area contributed by atoms with Gasteiger partial charge < -0.3 is 14.8 Å². The summed E-state index contributed by atoms with van der Waals surface area (Å²) in [5.41, 5.74) is 2.62. The van der Waals surface area contributed by atoms with Crippen molar-refractivity contribution < 1.29 is 13.9 Å². The standard InChI is InChI=1S/C17H20FNO2/c1-11(19-2)13-9-15(12-6-5-7-14(18)8-12)17(21-4)16(10-13)20-3/h5-11,19H,1-4H3. The van der Waals surface area contributed by atoms with Crippen LogP contribution in [0.15, 0.2) is 36.4 Å². The molecule has 1 unspecified atom stereocenters. The van der Waals surface area contributed by atoms with Crippen molar-refractivity contribution in [3.05, 3.63) is 47.8 Å². The Balaban J connectivity index is 2.66. The smallest absolute Gasteiger partial charge is 0.168 e. The summed E-state index contributed by atoms with van der Waals surface area (Å²) in [7, 11) is 5.08. The fraction of sp³-hybridized carbons (Fsp3) is 0.294. The molecular formula is C17H20FNO2. The van der Waals surface area contributed by atoms with E-state index in [1.165, 1.54) is 12.1 Å². The van der Waals surface area contributed by atoms with E-state index >= 15 is 0 Å². The molecule has 2 rings (SSSR count). The van der Waals surface area contributed by atoms with Gasteiger partial charge in [-0.2, -0.15) is 0 Å². The second-order valence-corrected chi connectivity index (χ2v) is 4.82. The highest BCUT2D eigenvalue weighted by Crippen LogP contribution is 2.40. The second kappa shape index (κ2) is 6.59. The number of hydrogen-bond donors (Lipinski definition) is 1. The maximum absolute atomic E-state index is 13.5. The van der Waals surface area contributed by atoms with E-state index in [9.17, 15) is 4.39 Å². The summed E-state index contributed by atoms with van der Waals surface area (Å²) >= 11 is 0. The van der Waals surface area contributed by atoms with E-state index in [0.29, 0.717) is 11.5 Å². The van der Waals surface area contributed by atoms with Gasteiger partial charge in [-0.05, 0) is 49.4 Å². The molecule has 0 aliphatic heterocycles. The van der Waals surface area contributed by atoms with Crippen molar-refractivity contribution in [2.24, 2.45) is 0 Å². The molecule has 0 heterocycles. The van der Waals surface area contributed by atoms with Gasteiger partial charge in [-0.15, -0.1) is 0 Å². The molecule has 0 aliphatic rings. The molecule has 0 spiro atoms. The van der Waals surface area contributed by atoms with Crippen LogP contribution >= 0.6 is 0 Å². The Morgan fingerprint density at radius 3 is 2.43 bits per heavy atom. The Hall–Kier alpha value is -2.07. The lowest BCUT2D eigenvalue weighted by molar-refractivity contribution is 0.355. The van der Waals surface area contributed by atoms with Crippen molar-refractivity contribution in [1.82, 2.24) is 5.32 Å². The number of methoxy groups -OCH3 is 2. The van der Waals surface area contributed by atoms with E-state index in [0.717, 1.165) is 16.7 Å². The second-order valence-electron chi connectivity index (χ2n) is 4.82. The van der Waals surface area contributed by atoms with Gasteiger partial charge in [-0.3, -0.25) is 0 Å². The number of nitrogens with one attached hydrogen (secondary N) is 1. The first-order valence-electron chi connectivity index (χ1n) is 6.79. The quantitative estimate of drug-likeness (QED) is 0.908. The predicted molar refractivity (Wildman–Crippen MR) is 82.4 cm³/mol. The van der Waals surface area contributed by atoms with E-state index in [1.807, 2.05) is 25.2 Å². The normalized spacial score (nSPS) is 12.0. The molecule has 0 saturated heterocycles. The van der Waals surface area contributed by atoms with Crippen molar-refractivity contribution >= 4 is 0 Å². The van der Waals surface area contributed by atoms with Crippen LogP contribution in [0.3, 0.4) is 0 Å². The molecule has 0 aromatic heterocycles. The number of ether oxygens (including phenoxy) is 2. The zero-order valence-corrected chi connectivity index (χ0v) is 12.7. The molecule has 0 saturated carbocycles. The van der Waals surface area contributed by atoms with E-state index in [-0.39, 0.29) is 11.9 Å². The van der Waals surface area contributed by atoms with Gasteiger partial charge in [-0.25, -0.2) is 4.39 Å². The van der Waals surface area contributed by atoms with Gasteiger partial charge >= 0.3 is 0 Å². The molecule has 0 fully saturated rings. The van der Waals surface area contributed by atoms with Crippen molar-refractivity contribution in [3.63, 3.8) is 0 Å². The fourth-order valence-electron chi connectivity index (χ4n) is 2.27. The molecule has 0 aliphatic carbocycles. The lowest BCUT2D eigenvalue weighted by Crippen LogP contribution is -2.12. The van der Waals surface area contributed by atoms with E-state index in [1.54, 1.807) is 20.3 Å². The summed E-state index contributed by atoms with van der Waals surface area (Å²) in [5.74, 6) is 0.965. The van der Waals surface area contributed by atoms with Crippen LogP contribution in [-0.2, 0) is 0 Å². The summed E-state index contributed by atoms with van der Waals surface area (Å²) in [4.78, 5) is 0. The maximum Gasteiger partial charge on any atom is 0.168 e. The van der Waals surface area contributed by atoms with Gasteiger partial charge in [0, 0.05) is 11.6 Å². The highest BCUT2D eigenvalue weighted by atomic mass is 19.1. The van der Waals surface area contributed by atoms with Crippen LogP contribution in [0.1, 0.15) is 18.5 Å². The lowest BCUT2D eigenvalue weighted by Gasteiger charge is -2.18. The fourth-order valence-corrected chi connectivity index (χ4v) is 2.27. The van der Waals surface area contributed by atoms with Crippen LogP contribution in [0.25, 0.3) is 11.1 Å². The summed E-state index contributed by atoms with van der Waals surface area (Å²) in [5, 5.41) is 3.19. The molecule has 2 aromatic carbocycles. The van der Waals surface area contributed by atoms with Crippen LogP contribution in [-0.4, -0.2) is 21.3 Å². The molecule has 0 radical (unpaired) electrons. The van der Waals surface area contributed by atoms with E-state index in [2.05, 4.69) is 12.2 Å². The first-order chi connectivity index (χ1) is 10.1. The number of hydrogen-bond acceptors (Lipinski definition) is 3. The van der Waals surface area contributed by atoms with Crippen LogP contribution in [0.4, 0.5) is 4.39 Å². The first-order valence-corrected chi connectivity index (χ1v) is 6.79. The van der Waals surface area contributed by atoms with Crippen molar-refractivity contribution in [1.29, 1.82) is 0 Å². The Kier molecular flexibility index (Phi) is 4.81. The molecular weight excluding hydrogens is 269 g/mol. The highest BCUT2D eigenvalue weighted by molar-refractivity contribution is 5.75. The summed E-state index contributed by atoms with van der Waals surface area (Å²) in [6.45, 7) is 2.05. The molecule has 2 aromatic rings. The largest absolute Gasteiger partial charge is 0.493 e. The van der Waals surface area contributed by atoms with Crippen molar-refractivity contribution in [3.8, 4) is 22.6 Å². The molecule has 1 N–H and O–H groups in total. The summed E-state index contributed by atoms with van der Waals surface area (Å²) < 4.78 is 24.4. The molecule has 21 heavy (non-hydrogen) atoms. The monoisotopic (exact) mass is 289 g/mol. The van der Waals surface area contributed by atoms with E-state index in [4.69, 9.17) is 9.47 Å². The molecule has 0 amide bonds. The molecule has 0 bridgehead atoms. The van der Waals surface area contributed by atoms with Crippen LogP contribution in [0.2, 0.25) is 0 Å². The van der Waals surface area contributed by atoms with Crippen molar-refractivity contribution in [2.45, 2.75) is 13.0 Å². The van der Waals surface area contributed by atoms with Gasteiger partial charge in [0.1, 0.15) is 5.82 Å². The Morgan fingerprint density at radius 1 is 1.10 bits per heavy atom. The SMILES string of the molecule is CNC(C)c1cc(OC)c(OC)c(-c2cccc(F)c2)c1. The van der Waals surface area contributed by atoms with Crippen LogP contribution in [0, 0.1) is 5.82 Å². The third kappa shape index (κ3) is 3.16. The van der Waals surface area contributed by atoms with Gasteiger partial charge in [0.25, 0.3) is 0 Å². The minimum atomic E-state index is -0.277. The average molecular weight is 289 g/mol. The minimum absolute atomic E-state index is 0.150. The van der Waals surface area contributed by atoms with Gasteiger partial charge in [0.15, 0.2) is 11.5 Å². The Bertz CT molecular complexity index is 628. The van der Waals surface area contributed by atoms with Gasteiger partial charge in [-0.1, -0.05) is 12.1 Å². The number of rotatable bonds is 5. The summed E-state index contributed by atoms with van der Waals surface area (Å²) in [6, 6.07) is 10.5. The van der Waals surface area contributed by atoms with Crippen molar-refractivity contribution in [2.75, 3.05) is 21.3 Å². The number of benzene rings is 2. The maximum atomic E-state index is 13.5. The number of halogens is 1. The van der Waals surface area contributed by atoms with Crippen LogP contribution in [0.5, 0.6) is 11.5 Å². The lowest BCUT2D eigenvalue weighted by atomic mass is 9.98. The van der Waals surface area contributed by atoms with E-state index < -0.39 is 0 Å². The van der Waals surface area contributed by atoms with Crippen LogP contribution < -0.4 is 14.8 Å². The third-order valence-electron chi connectivity index (χ3n) is 3.57. The topological polar surface area (TPSA) is 30.5 Å². The predicted octanol–water partition coefficient (Wildman–Crippen LogP) is 3.79. The zero-order valence-electron chi connectivity index (χ0n) is 12.7. The molecule has 1 atom stereocenters. The zero-order chi connectivity index (χ0) is 15.4. The highest BCUT2D eigenvalue weighted by Gasteiger charge is 2.16. The third-order valence-corrected chi connectivity index (χ3v) is 3.57. The molecule has 112 valence electrons. The Morgan fingerprint density at radius 2 is 1.86 bits per heavy atom.